The van der Waals surface area contributed by atoms with Gasteiger partial charge in [0.25, 0.3) is 0 Å². The van der Waals surface area contributed by atoms with Crippen molar-refractivity contribution in [1.29, 1.82) is 5.26 Å². The number of aromatic nitrogens is 3. The highest BCUT2D eigenvalue weighted by atomic mass is 19.4. The Morgan fingerprint density at radius 2 is 0.510 bits per heavy atom. The minimum Gasteiger partial charge on any atom is -0.307 e. The lowest BCUT2D eigenvalue weighted by Crippen LogP contribution is -2.11. The van der Waals surface area contributed by atoms with Gasteiger partial charge in [0, 0.05) is 32.7 Å². The Kier molecular flexibility index (Phi) is 16.3. The summed E-state index contributed by atoms with van der Waals surface area (Å²) < 4.78 is 350. The first-order valence-corrected chi connectivity index (χ1v) is 29.5. The van der Waals surface area contributed by atoms with Crippen molar-refractivity contribution in [3.8, 4) is 84.5 Å². The number of halogens is 24. The first-order valence-electron chi connectivity index (χ1n) is 29.5. The number of hydrogen-bond acceptors (Lipinski definition) is 2. The second kappa shape index (κ2) is 24.0. The molecule has 518 valence electrons. The van der Waals surface area contributed by atoms with Gasteiger partial charge in [-0.05, 0) is 190 Å². The monoisotopic (exact) mass is 1430 g/mol. The molecule has 0 atom stereocenters. The molecule has 102 heavy (non-hydrogen) atoms. The largest absolute Gasteiger partial charge is 0.416 e. The third kappa shape index (κ3) is 13.1. The number of nitriles is 1. The van der Waals surface area contributed by atoms with Gasteiger partial charge in [0.05, 0.1) is 101 Å². The molecular weight excluding hydrogens is 1400 g/mol. The van der Waals surface area contributed by atoms with Crippen LogP contribution in [0.5, 0.6) is 0 Å². The Labute approximate surface area is 556 Å². The van der Waals surface area contributed by atoms with Crippen LogP contribution in [-0.2, 0) is 49.4 Å². The Hall–Kier alpha value is -11.2. The maximum Gasteiger partial charge on any atom is 0.416 e. The SMILES string of the molecule is N#Cc1cc(-n2c3ccc(-c4cc(C(F)(F)F)cc(C(F)(F)F)c4)cc3c3cc(-c4cc(C(F)(F)F)cc(C(F)(F)F)c4)ccc32)c(-n2c3ccc(-c4cc(C(F)(F)F)cc(C(F)(F)F)c4)cc3c3cc(-c4cc(C(F)(F)F)cc(C(F)(F)F)c4)ccc32)cc1-c1cccc(-c2ccccc2)n1. The van der Waals surface area contributed by atoms with E-state index in [1.165, 1.54) is 39.5 Å². The summed E-state index contributed by atoms with van der Waals surface area (Å²) in [5.74, 6) is 0. The number of fused-ring (bicyclic) bond motifs is 6. The molecule has 13 aromatic rings. The van der Waals surface area contributed by atoms with Gasteiger partial charge in [-0.2, -0.15) is 111 Å². The molecule has 0 unspecified atom stereocenters. The number of alkyl halides is 24. The molecule has 0 aliphatic heterocycles. The van der Waals surface area contributed by atoms with Gasteiger partial charge in [0.2, 0.25) is 0 Å². The predicted molar refractivity (Wildman–Crippen MR) is 330 cm³/mol. The van der Waals surface area contributed by atoms with E-state index in [-0.39, 0.29) is 118 Å². The van der Waals surface area contributed by atoms with Crippen molar-refractivity contribution in [2.75, 3.05) is 0 Å². The summed E-state index contributed by atoms with van der Waals surface area (Å²) in [6, 6.07) is 33.4. The van der Waals surface area contributed by atoms with Crippen LogP contribution in [0.1, 0.15) is 50.1 Å². The summed E-state index contributed by atoms with van der Waals surface area (Å²) in [5.41, 5.74) is -18.8. The van der Waals surface area contributed by atoms with Gasteiger partial charge in [-0.1, -0.05) is 60.7 Å². The van der Waals surface area contributed by atoms with Crippen molar-refractivity contribution in [2.45, 2.75) is 49.4 Å². The number of rotatable bonds is 8. The molecule has 10 aromatic carbocycles. The first-order chi connectivity index (χ1) is 47.5. The van der Waals surface area contributed by atoms with Crippen LogP contribution in [0.3, 0.4) is 0 Å². The molecule has 0 fully saturated rings. The molecule has 0 saturated carbocycles. The van der Waals surface area contributed by atoms with E-state index in [4.69, 9.17) is 4.98 Å². The van der Waals surface area contributed by atoms with Crippen molar-refractivity contribution in [2.24, 2.45) is 0 Å². The molecule has 0 spiro atoms. The fourth-order valence-corrected chi connectivity index (χ4v) is 12.4. The van der Waals surface area contributed by atoms with E-state index in [1.807, 2.05) is 0 Å². The van der Waals surface area contributed by atoms with Crippen LogP contribution < -0.4 is 0 Å². The quantitative estimate of drug-likeness (QED) is 0.142. The number of pyridine rings is 1. The lowest BCUT2D eigenvalue weighted by atomic mass is 9.96. The summed E-state index contributed by atoms with van der Waals surface area (Å²) in [5, 5.41) is 10.5. The summed E-state index contributed by atoms with van der Waals surface area (Å²) >= 11 is 0. The van der Waals surface area contributed by atoms with Crippen molar-refractivity contribution >= 4 is 43.6 Å². The molecule has 0 radical (unpaired) electrons. The smallest absolute Gasteiger partial charge is 0.307 e. The van der Waals surface area contributed by atoms with Gasteiger partial charge in [-0.3, -0.25) is 0 Å². The number of hydrogen-bond donors (Lipinski definition) is 0. The summed E-state index contributed by atoms with van der Waals surface area (Å²) in [6.07, 6.45) is -43.2. The molecule has 3 aromatic heterocycles. The fraction of sp³-hybridized carbons (Fsp3) is 0.108. The van der Waals surface area contributed by atoms with E-state index < -0.39 is 116 Å². The van der Waals surface area contributed by atoms with Gasteiger partial charge in [0.15, 0.2) is 0 Å². The summed E-state index contributed by atoms with van der Waals surface area (Å²) in [6.45, 7) is 0. The topological polar surface area (TPSA) is 46.5 Å². The van der Waals surface area contributed by atoms with Gasteiger partial charge >= 0.3 is 49.4 Å². The summed E-state index contributed by atoms with van der Waals surface area (Å²) in [7, 11) is 0. The molecule has 13 rings (SSSR count). The van der Waals surface area contributed by atoms with Crippen LogP contribution >= 0.6 is 0 Å². The zero-order chi connectivity index (χ0) is 73.5. The van der Waals surface area contributed by atoms with Gasteiger partial charge in [0.1, 0.15) is 0 Å². The van der Waals surface area contributed by atoms with Crippen LogP contribution in [0.2, 0.25) is 0 Å². The van der Waals surface area contributed by atoms with E-state index in [0.29, 0.717) is 59.8 Å². The first kappa shape index (κ1) is 69.2. The molecule has 4 nitrogen and oxygen atoms in total. The van der Waals surface area contributed by atoms with Crippen LogP contribution in [0, 0.1) is 11.3 Å². The Morgan fingerprint density at radius 3 is 0.775 bits per heavy atom. The van der Waals surface area contributed by atoms with E-state index in [0.717, 1.165) is 60.7 Å². The molecule has 0 bridgehead atoms. The molecule has 0 aliphatic rings. The zero-order valence-corrected chi connectivity index (χ0v) is 50.5. The van der Waals surface area contributed by atoms with Crippen molar-refractivity contribution in [1.82, 2.24) is 14.1 Å². The Bertz CT molecular complexity index is 5200. The highest BCUT2D eigenvalue weighted by Gasteiger charge is 2.42. The zero-order valence-electron chi connectivity index (χ0n) is 50.5. The molecule has 0 N–H and O–H groups in total. The molecule has 3 heterocycles. The standard InChI is InChI=1S/C74H34F24N4/c75-67(76,77)46-17-41(18-47(30-46)68(78,79)80)37-9-13-61-55(25-37)56-26-38(42-19-48(69(81,82)83)31-49(20-42)70(84,85)86)10-14-62(56)101(61)65-29-45(35-99)54(60-8-4-7-59(100-60)36-5-2-1-3-6-36)34-66(65)102-63-15-11-39(43-21-50(71(87,88)89)32-51(22-43)72(90,91)92)27-57(63)58-28-40(12-16-64(58)102)44-23-52(73(93,94)95)33-53(24-44)74(96,97)98/h1-34H. The van der Waals surface area contributed by atoms with Crippen molar-refractivity contribution < 1.29 is 105 Å². The Morgan fingerprint density at radius 1 is 0.245 bits per heavy atom. The molecule has 0 saturated heterocycles. The highest BCUT2D eigenvalue weighted by Crippen LogP contribution is 2.49. The predicted octanol–water partition coefficient (Wildman–Crippen LogP) is 25.3. The van der Waals surface area contributed by atoms with Crippen LogP contribution in [0.15, 0.2) is 206 Å². The molecule has 0 amide bonds. The van der Waals surface area contributed by atoms with Gasteiger partial charge < -0.3 is 9.13 Å². The second-order valence-corrected chi connectivity index (χ2v) is 23.5. The third-order valence-corrected chi connectivity index (χ3v) is 17.0. The molecular formula is C74H34F24N4. The average Bonchev–Trinajstić information content (AvgIpc) is 1.55. The van der Waals surface area contributed by atoms with Crippen LogP contribution in [0.25, 0.3) is 122 Å². The van der Waals surface area contributed by atoms with E-state index in [9.17, 15) is 111 Å². The minimum absolute atomic E-state index is 0.0371. The molecule has 0 aliphatic carbocycles. The highest BCUT2D eigenvalue weighted by molar-refractivity contribution is 6.14. The van der Waals surface area contributed by atoms with Gasteiger partial charge in [-0.15, -0.1) is 0 Å². The van der Waals surface area contributed by atoms with E-state index in [1.54, 1.807) is 42.5 Å². The van der Waals surface area contributed by atoms with Crippen LogP contribution in [-0.4, -0.2) is 14.1 Å². The van der Waals surface area contributed by atoms with Crippen molar-refractivity contribution in [3.63, 3.8) is 0 Å². The van der Waals surface area contributed by atoms with Gasteiger partial charge in [-0.25, -0.2) is 4.98 Å². The third-order valence-electron chi connectivity index (χ3n) is 17.0. The maximum atomic E-state index is 14.5. The Balaban J connectivity index is 1.18. The number of benzene rings is 10. The lowest BCUT2D eigenvalue weighted by molar-refractivity contribution is -0.144. The number of nitrogens with zero attached hydrogens (tertiary/aromatic N) is 4. The maximum absolute atomic E-state index is 14.5. The van der Waals surface area contributed by atoms with Crippen molar-refractivity contribution in [3.05, 3.63) is 256 Å². The summed E-state index contributed by atoms with van der Waals surface area (Å²) in [4.78, 5) is 4.84. The van der Waals surface area contributed by atoms with E-state index >= 15 is 0 Å². The second-order valence-electron chi connectivity index (χ2n) is 23.5. The van der Waals surface area contributed by atoms with E-state index in [2.05, 4.69) is 6.07 Å². The average molecular weight is 1440 g/mol. The molecule has 28 heteroatoms. The fourth-order valence-electron chi connectivity index (χ4n) is 12.4. The normalized spacial score (nSPS) is 13.1. The van der Waals surface area contributed by atoms with Crippen LogP contribution in [0.4, 0.5) is 105 Å². The lowest BCUT2D eigenvalue weighted by Gasteiger charge is -2.20. The minimum atomic E-state index is -5.40.